The van der Waals surface area contributed by atoms with Crippen LogP contribution in [-0.2, 0) is 4.74 Å². The fourth-order valence-corrected chi connectivity index (χ4v) is 4.01. The fraction of sp³-hybridized carbons (Fsp3) is 0.474. The first-order valence-electron chi connectivity index (χ1n) is 9.19. The molecule has 0 atom stereocenters. The molecule has 1 heterocycles. The lowest BCUT2D eigenvalue weighted by Gasteiger charge is -2.18. The monoisotopic (exact) mass is 388 g/mol. The van der Waals surface area contributed by atoms with Crippen molar-refractivity contribution in [2.75, 3.05) is 25.6 Å². The molecule has 1 aromatic heterocycles. The lowest BCUT2D eigenvalue weighted by molar-refractivity contribution is 0.0936. The van der Waals surface area contributed by atoms with Gasteiger partial charge in [-0.3, -0.25) is 9.59 Å². The van der Waals surface area contributed by atoms with Crippen LogP contribution in [-0.4, -0.2) is 42.3 Å². The molecule has 1 aliphatic carbocycles. The van der Waals surface area contributed by atoms with Crippen LogP contribution in [0.2, 0.25) is 0 Å². The third-order valence-corrected chi connectivity index (χ3v) is 5.67. The summed E-state index contributed by atoms with van der Waals surface area (Å²) >= 11 is 1.38. The molecular weight excluding hydrogens is 364 g/mol. The summed E-state index contributed by atoms with van der Waals surface area (Å²) in [6.45, 7) is 0.915. The van der Waals surface area contributed by atoms with Gasteiger partial charge in [0.1, 0.15) is 5.01 Å². The molecule has 7 nitrogen and oxygen atoms in total. The molecule has 2 aromatic rings. The van der Waals surface area contributed by atoms with E-state index in [0.29, 0.717) is 35.3 Å². The van der Waals surface area contributed by atoms with Crippen LogP contribution in [0.15, 0.2) is 24.3 Å². The number of nitrogens with zero attached hydrogens (tertiary/aromatic N) is 2. The average molecular weight is 388 g/mol. The van der Waals surface area contributed by atoms with Crippen molar-refractivity contribution in [1.29, 1.82) is 0 Å². The van der Waals surface area contributed by atoms with Gasteiger partial charge in [-0.1, -0.05) is 30.6 Å². The zero-order chi connectivity index (χ0) is 19.1. The number of hydrogen-bond donors (Lipinski definition) is 2. The number of nitrogens with one attached hydrogen (secondary N) is 2. The van der Waals surface area contributed by atoms with Crippen LogP contribution < -0.4 is 10.6 Å². The lowest BCUT2D eigenvalue weighted by Crippen LogP contribution is -2.26. The van der Waals surface area contributed by atoms with Crippen LogP contribution in [0.4, 0.5) is 5.69 Å². The summed E-state index contributed by atoms with van der Waals surface area (Å²) in [5.74, 6) is -0.00765. The van der Waals surface area contributed by atoms with Gasteiger partial charge in [0.05, 0.1) is 6.61 Å². The van der Waals surface area contributed by atoms with E-state index in [2.05, 4.69) is 20.8 Å². The molecule has 0 radical (unpaired) electrons. The SMILES string of the molecule is COCCNC(=O)c1ccc(NC(=O)c2nnc(C3CCCCC3)s2)cc1. The Hall–Kier alpha value is -2.32. The van der Waals surface area contributed by atoms with Gasteiger partial charge in [0.2, 0.25) is 5.01 Å². The highest BCUT2D eigenvalue weighted by atomic mass is 32.1. The van der Waals surface area contributed by atoms with Crippen LogP contribution in [0, 0.1) is 0 Å². The predicted octanol–water partition coefficient (Wildman–Crippen LogP) is 3.21. The van der Waals surface area contributed by atoms with E-state index >= 15 is 0 Å². The first-order valence-corrected chi connectivity index (χ1v) is 10.0. The maximum Gasteiger partial charge on any atom is 0.286 e. The molecular formula is C19H24N4O3S. The van der Waals surface area contributed by atoms with E-state index in [1.54, 1.807) is 31.4 Å². The molecule has 0 spiro atoms. The largest absolute Gasteiger partial charge is 0.383 e. The van der Waals surface area contributed by atoms with E-state index in [1.807, 2.05) is 0 Å². The minimum atomic E-state index is -0.271. The number of carbonyl (C=O) groups is 2. The van der Waals surface area contributed by atoms with Crippen LogP contribution in [0.3, 0.4) is 0 Å². The summed E-state index contributed by atoms with van der Waals surface area (Å²) in [7, 11) is 1.58. The normalized spacial score (nSPS) is 14.7. The lowest BCUT2D eigenvalue weighted by atomic mass is 9.90. The second-order valence-electron chi connectivity index (χ2n) is 6.56. The Labute approximate surface area is 162 Å². The molecule has 3 rings (SSSR count). The van der Waals surface area contributed by atoms with Gasteiger partial charge in [-0.05, 0) is 37.1 Å². The van der Waals surface area contributed by atoms with Gasteiger partial charge in [-0.25, -0.2) is 0 Å². The standard InChI is InChI=1S/C19H24N4O3S/c1-26-12-11-20-16(24)13-7-9-15(10-8-13)21-17(25)19-23-22-18(27-19)14-5-3-2-4-6-14/h7-10,14H,2-6,11-12H2,1H3,(H,20,24)(H,21,25). The Morgan fingerprint density at radius 2 is 1.85 bits per heavy atom. The number of aromatic nitrogens is 2. The van der Waals surface area contributed by atoms with Crippen molar-refractivity contribution < 1.29 is 14.3 Å². The number of hydrogen-bond acceptors (Lipinski definition) is 6. The number of amides is 2. The first-order chi connectivity index (χ1) is 13.2. The smallest absolute Gasteiger partial charge is 0.286 e. The third-order valence-electron chi connectivity index (χ3n) is 4.59. The maximum atomic E-state index is 12.4. The quantitative estimate of drug-likeness (QED) is 0.711. The number of rotatable bonds is 7. The molecule has 2 N–H and O–H groups in total. The Morgan fingerprint density at radius 3 is 2.56 bits per heavy atom. The number of ether oxygens (including phenoxy) is 1. The summed E-state index contributed by atoms with van der Waals surface area (Å²) in [5, 5.41) is 15.2. The summed E-state index contributed by atoms with van der Waals surface area (Å²) in [6.07, 6.45) is 5.98. The van der Waals surface area contributed by atoms with E-state index in [4.69, 9.17) is 4.74 Å². The molecule has 8 heteroatoms. The van der Waals surface area contributed by atoms with Crippen molar-refractivity contribution in [3.63, 3.8) is 0 Å². The molecule has 0 saturated heterocycles. The summed E-state index contributed by atoms with van der Waals surface area (Å²) in [4.78, 5) is 24.4. The molecule has 0 aliphatic heterocycles. The number of benzene rings is 1. The second-order valence-corrected chi connectivity index (χ2v) is 7.57. The fourth-order valence-electron chi connectivity index (χ4n) is 3.10. The number of methoxy groups -OCH3 is 1. The predicted molar refractivity (Wildman–Crippen MR) is 104 cm³/mol. The van der Waals surface area contributed by atoms with Crippen molar-refractivity contribution in [2.24, 2.45) is 0 Å². The molecule has 1 saturated carbocycles. The highest BCUT2D eigenvalue weighted by Gasteiger charge is 2.21. The van der Waals surface area contributed by atoms with Gasteiger partial charge >= 0.3 is 0 Å². The molecule has 1 aromatic carbocycles. The summed E-state index contributed by atoms with van der Waals surface area (Å²) < 4.78 is 4.90. The second kappa shape index (κ2) is 9.57. The Kier molecular flexibility index (Phi) is 6.89. The van der Waals surface area contributed by atoms with Crippen LogP contribution in [0.1, 0.15) is 63.2 Å². The third kappa shape index (κ3) is 5.33. The van der Waals surface area contributed by atoms with E-state index in [0.717, 1.165) is 17.8 Å². The van der Waals surface area contributed by atoms with E-state index in [9.17, 15) is 9.59 Å². The molecule has 1 aliphatic rings. The van der Waals surface area contributed by atoms with Gasteiger partial charge in [0.25, 0.3) is 11.8 Å². The highest BCUT2D eigenvalue weighted by Crippen LogP contribution is 2.34. The van der Waals surface area contributed by atoms with Crippen LogP contribution in [0.5, 0.6) is 0 Å². The zero-order valence-corrected chi connectivity index (χ0v) is 16.2. The highest BCUT2D eigenvalue weighted by molar-refractivity contribution is 7.13. The van der Waals surface area contributed by atoms with Crippen molar-refractivity contribution in [3.05, 3.63) is 39.8 Å². The molecule has 2 amide bonds. The van der Waals surface area contributed by atoms with Gasteiger partial charge in [-0.2, -0.15) is 0 Å². The van der Waals surface area contributed by atoms with Gasteiger partial charge in [-0.15, -0.1) is 10.2 Å². The Bertz CT molecular complexity index is 770. The van der Waals surface area contributed by atoms with Gasteiger partial charge < -0.3 is 15.4 Å². The summed E-state index contributed by atoms with van der Waals surface area (Å²) in [5.41, 5.74) is 1.14. The van der Waals surface area contributed by atoms with E-state index in [1.165, 1.54) is 30.6 Å². The molecule has 1 fully saturated rings. The van der Waals surface area contributed by atoms with Crippen molar-refractivity contribution >= 4 is 28.8 Å². The van der Waals surface area contributed by atoms with Crippen molar-refractivity contribution in [2.45, 2.75) is 38.0 Å². The summed E-state index contributed by atoms with van der Waals surface area (Å²) in [6, 6.07) is 6.75. The number of anilines is 1. The van der Waals surface area contributed by atoms with Gasteiger partial charge in [0, 0.05) is 30.8 Å². The minimum absolute atomic E-state index is 0.175. The van der Waals surface area contributed by atoms with Gasteiger partial charge in [0.15, 0.2) is 0 Å². The first kappa shape index (κ1) is 19.4. The van der Waals surface area contributed by atoms with Crippen molar-refractivity contribution in [1.82, 2.24) is 15.5 Å². The Balaban J connectivity index is 1.56. The number of carbonyl (C=O) groups excluding carboxylic acids is 2. The zero-order valence-electron chi connectivity index (χ0n) is 15.4. The molecule has 27 heavy (non-hydrogen) atoms. The maximum absolute atomic E-state index is 12.4. The topological polar surface area (TPSA) is 93.2 Å². The minimum Gasteiger partial charge on any atom is -0.383 e. The molecule has 0 bridgehead atoms. The molecule has 0 unspecified atom stereocenters. The van der Waals surface area contributed by atoms with Crippen molar-refractivity contribution in [3.8, 4) is 0 Å². The van der Waals surface area contributed by atoms with E-state index < -0.39 is 0 Å². The van der Waals surface area contributed by atoms with E-state index in [-0.39, 0.29) is 11.8 Å². The van der Waals surface area contributed by atoms with Crippen LogP contribution >= 0.6 is 11.3 Å². The average Bonchev–Trinajstić information content (AvgIpc) is 3.20. The Morgan fingerprint density at radius 1 is 1.11 bits per heavy atom. The van der Waals surface area contributed by atoms with Crippen LogP contribution in [0.25, 0.3) is 0 Å². The molecule has 144 valence electrons.